The number of hydrogen-bond acceptors (Lipinski definition) is 1. The molecule has 1 aromatic carbocycles. The van der Waals surface area contributed by atoms with Crippen LogP contribution in [-0.4, -0.2) is 11.2 Å². The Hall–Kier alpha value is -1.08. The monoisotopic (exact) mass is 174 g/mol. The second-order valence-electron chi connectivity index (χ2n) is 3.54. The maximum Gasteiger partial charge on any atom is 0.0753 e. The van der Waals surface area contributed by atoms with Gasteiger partial charge in [0.1, 0.15) is 0 Å². The third-order valence-electron chi connectivity index (χ3n) is 2.52. The zero-order chi connectivity index (χ0) is 9.10. The van der Waals surface area contributed by atoms with E-state index in [0.717, 1.165) is 19.3 Å². The van der Waals surface area contributed by atoms with Crippen molar-refractivity contribution in [2.75, 3.05) is 0 Å². The molecule has 1 atom stereocenters. The van der Waals surface area contributed by atoms with Crippen LogP contribution in [0.15, 0.2) is 35.9 Å². The maximum atomic E-state index is 9.58. The van der Waals surface area contributed by atoms with Gasteiger partial charge < -0.3 is 5.11 Å². The molecule has 0 aliphatic heterocycles. The lowest BCUT2D eigenvalue weighted by Gasteiger charge is -2.03. The highest BCUT2D eigenvalue weighted by atomic mass is 16.3. The Morgan fingerprint density at radius 3 is 2.62 bits per heavy atom. The van der Waals surface area contributed by atoms with Crippen molar-refractivity contribution in [2.45, 2.75) is 25.4 Å². The number of aliphatic hydroxyl groups is 1. The molecular weight excluding hydrogens is 160 g/mol. The molecule has 13 heavy (non-hydrogen) atoms. The van der Waals surface area contributed by atoms with Gasteiger partial charge >= 0.3 is 0 Å². The summed E-state index contributed by atoms with van der Waals surface area (Å²) in [5.41, 5.74) is 2.38. The molecule has 1 N–H and O–H groups in total. The van der Waals surface area contributed by atoms with Crippen molar-refractivity contribution in [2.24, 2.45) is 0 Å². The molecule has 1 heteroatoms. The third kappa shape index (κ3) is 1.99. The number of rotatable bonds is 1. The van der Waals surface area contributed by atoms with Gasteiger partial charge in [-0.2, -0.15) is 0 Å². The Kier molecular flexibility index (Phi) is 2.46. The first-order valence-corrected chi connectivity index (χ1v) is 4.80. The summed E-state index contributed by atoms with van der Waals surface area (Å²) in [6.45, 7) is 0. The normalized spacial score (nSPS) is 25.3. The second kappa shape index (κ2) is 3.75. The molecule has 1 aliphatic carbocycles. The Morgan fingerprint density at radius 2 is 2.00 bits per heavy atom. The minimum absolute atomic E-state index is 0.194. The first kappa shape index (κ1) is 8.52. The smallest absolute Gasteiger partial charge is 0.0753 e. The molecule has 1 aromatic rings. The van der Waals surface area contributed by atoms with Gasteiger partial charge in [0.05, 0.1) is 6.10 Å². The summed E-state index contributed by atoms with van der Waals surface area (Å²) in [5.74, 6) is 0. The van der Waals surface area contributed by atoms with Gasteiger partial charge in [0, 0.05) is 0 Å². The molecule has 0 radical (unpaired) electrons. The summed E-state index contributed by atoms with van der Waals surface area (Å²) in [7, 11) is 0. The molecule has 0 bridgehead atoms. The molecular formula is C12H14O. The number of benzene rings is 1. The van der Waals surface area contributed by atoms with E-state index in [1.54, 1.807) is 0 Å². The summed E-state index contributed by atoms with van der Waals surface area (Å²) >= 11 is 0. The fourth-order valence-electron chi connectivity index (χ4n) is 1.78. The largest absolute Gasteiger partial charge is 0.389 e. The van der Waals surface area contributed by atoms with Crippen molar-refractivity contribution in [3.63, 3.8) is 0 Å². The molecule has 0 aromatic heterocycles. The lowest BCUT2D eigenvalue weighted by atomic mass is 10.1. The van der Waals surface area contributed by atoms with Crippen LogP contribution in [0.25, 0.3) is 6.08 Å². The Bertz CT molecular complexity index is 300. The predicted octanol–water partition coefficient (Wildman–Crippen LogP) is 2.61. The van der Waals surface area contributed by atoms with Gasteiger partial charge in [-0.1, -0.05) is 36.4 Å². The van der Waals surface area contributed by atoms with Crippen LogP contribution in [0.3, 0.4) is 0 Å². The van der Waals surface area contributed by atoms with Crippen molar-refractivity contribution < 1.29 is 5.11 Å². The Balaban J connectivity index is 2.20. The molecule has 1 nitrogen and oxygen atoms in total. The molecule has 0 saturated heterocycles. The fourth-order valence-corrected chi connectivity index (χ4v) is 1.78. The lowest BCUT2D eigenvalue weighted by Crippen LogP contribution is -2.00. The highest BCUT2D eigenvalue weighted by Gasteiger charge is 2.17. The molecule has 1 fully saturated rings. The van der Waals surface area contributed by atoms with Crippen LogP contribution in [-0.2, 0) is 0 Å². The molecule has 68 valence electrons. The van der Waals surface area contributed by atoms with Gasteiger partial charge in [0.25, 0.3) is 0 Å². The summed E-state index contributed by atoms with van der Waals surface area (Å²) < 4.78 is 0. The summed E-state index contributed by atoms with van der Waals surface area (Å²) in [4.78, 5) is 0. The van der Waals surface area contributed by atoms with Crippen LogP contribution in [0, 0.1) is 0 Å². The molecule has 0 spiro atoms. The van der Waals surface area contributed by atoms with E-state index >= 15 is 0 Å². The molecule has 0 heterocycles. The van der Waals surface area contributed by atoms with E-state index in [-0.39, 0.29) is 6.10 Å². The van der Waals surface area contributed by atoms with E-state index < -0.39 is 0 Å². The van der Waals surface area contributed by atoms with Gasteiger partial charge in [-0.05, 0) is 30.4 Å². The second-order valence-corrected chi connectivity index (χ2v) is 3.54. The van der Waals surface area contributed by atoms with Crippen molar-refractivity contribution in [1.29, 1.82) is 0 Å². The Labute approximate surface area is 78.7 Å². The standard InChI is InChI=1S/C12H14O/c13-12-8-4-7-11(12)9-10-5-2-1-3-6-10/h1-3,5-6,9,12-13H,4,7-8H2/b11-9+. The van der Waals surface area contributed by atoms with Crippen molar-refractivity contribution in [3.05, 3.63) is 41.5 Å². The lowest BCUT2D eigenvalue weighted by molar-refractivity contribution is 0.219. The molecule has 0 amide bonds. The zero-order valence-electron chi connectivity index (χ0n) is 7.61. The quantitative estimate of drug-likeness (QED) is 0.694. The van der Waals surface area contributed by atoms with E-state index in [2.05, 4.69) is 18.2 Å². The van der Waals surface area contributed by atoms with E-state index in [0.29, 0.717) is 0 Å². The summed E-state index contributed by atoms with van der Waals surface area (Å²) in [6, 6.07) is 10.2. The minimum atomic E-state index is -0.194. The van der Waals surface area contributed by atoms with Gasteiger partial charge in [0.15, 0.2) is 0 Å². The summed E-state index contributed by atoms with van der Waals surface area (Å²) in [5, 5.41) is 9.58. The first-order chi connectivity index (χ1) is 6.36. The van der Waals surface area contributed by atoms with Crippen LogP contribution < -0.4 is 0 Å². The van der Waals surface area contributed by atoms with E-state index in [9.17, 15) is 5.11 Å². The van der Waals surface area contributed by atoms with Gasteiger partial charge in [-0.3, -0.25) is 0 Å². The SMILES string of the molecule is OC1CCC/C1=C\c1ccccc1. The third-order valence-corrected chi connectivity index (χ3v) is 2.52. The van der Waals surface area contributed by atoms with Crippen LogP contribution in [0.2, 0.25) is 0 Å². The van der Waals surface area contributed by atoms with Crippen LogP contribution in [0.1, 0.15) is 24.8 Å². The number of aliphatic hydroxyl groups excluding tert-OH is 1. The van der Waals surface area contributed by atoms with Crippen LogP contribution in [0.4, 0.5) is 0 Å². The molecule has 1 unspecified atom stereocenters. The van der Waals surface area contributed by atoms with Gasteiger partial charge in [-0.15, -0.1) is 0 Å². The highest BCUT2D eigenvalue weighted by molar-refractivity contribution is 5.54. The van der Waals surface area contributed by atoms with Crippen molar-refractivity contribution in [1.82, 2.24) is 0 Å². The van der Waals surface area contributed by atoms with E-state index in [1.165, 1.54) is 11.1 Å². The Morgan fingerprint density at radius 1 is 1.23 bits per heavy atom. The zero-order valence-corrected chi connectivity index (χ0v) is 7.61. The predicted molar refractivity (Wildman–Crippen MR) is 54.3 cm³/mol. The average molecular weight is 174 g/mol. The highest BCUT2D eigenvalue weighted by Crippen LogP contribution is 2.26. The summed E-state index contributed by atoms with van der Waals surface area (Å²) in [6.07, 6.45) is 5.02. The average Bonchev–Trinajstić information content (AvgIpc) is 2.54. The van der Waals surface area contributed by atoms with E-state index in [4.69, 9.17) is 0 Å². The van der Waals surface area contributed by atoms with Gasteiger partial charge in [-0.25, -0.2) is 0 Å². The van der Waals surface area contributed by atoms with Crippen LogP contribution >= 0.6 is 0 Å². The molecule has 2 rings (SSSR count). The van der Waals surface area contributed by atoms with Gasteiger partial charge in [0.2, 0.25) is 0 Å². The van der Waals surface area contributed by atoms with Crippen LogP contribution in [0.5, 0.6) is 0 Å². The first-order valence-electron chi connectivity index (χ1n) is 4.80. The van der Waals surface area contributed by atoms with E-state index in [1.807, 2.05) is 18.2 Å². The number of hydrogen-bond donors (Lipinski definition) is 1. The maximum absolute atomic E-state index is 9.58. The molecule has 1 aliphatic rings. The molecule has 1 saturated carbocycles. The topological polar surface area (TPSA) is 20.2 Å². The fraction of sp³-hybridized carbons (Fsp3) is 0.333. The van der Waals surface area contributed by atoms with Crippen molar-refractivity contribution >= 4 is 6.08 Å². The van der Waals surface area contributed by atoms with Crippen molar-refractivity contribution in [3.8, 4) is 0 Å². The minimum Gasteiger partial charge on any atom is -0.389 e.